The summed E-state index contributed by atoms with van der Waals surface area (Å²) in [5.74, 6) is -0.372. The molecule has 3 N–H and O–H groups in total. The van der Waals surface area contributed by atoms with Crippen LogP contribution in [0.2, 0.25) is 0 Å². The molecular formula is C28H38O8. The van der Waals surface area contributed by atoms with Crippen LogP contribution in [0.4, 0.5) is 0 Å². The van der Waals surface area contributed by atoms with E-state index in [0.717, 1.165) is 0 Å². The van der Waals surface area contributed by atoms with Gasteiger partial charge in [0.25, 0.3) is 0 Å². The van der Waals surface area contributed by atoms with Gasteiger partial charge in [0.05, 0.1) is 44.2 Å². The van der Waals surface area contributed by atoms with Crippen LogP contribution in [0.1, 0.15) is 56.8 Å². The summed E-state index contributed by atoms with van der Waals surface area (Å²) in [6, 6.07) is 6.60. The number of methoxy groups -OCH3 is 2. The molecule has 2 bridgehead atoms. The molecule has 0 radical (unpaired) electrons. The monoisotopic (exact) mass is 502 g/mol. The number of aliphatic hydroxyl groups is 3. The van der Waals surface area contributed by atoms with E-state index in [4.69, 9.17) is 18.9 Å². The molecule has 3 aliphatic carbocycles. The van der Waals surface area contributed by atoms with E-state index < -0.39 is 52.2 Å². The lowest BCUT2D eigenvalue weighted by atomic mass is 9.56. The third kappa shape index (κ3) is 3.45. The molecule has 5 rings (SSSR count). The molecule has 0 aromatic heterocycles. The first-order valence-corrected chi connectivity index (χ1v) is 12.8. The normalized spacial score (nSPS) is 44.3. The van der Waals surface area contributed by atoms with Crippen molar-refractivity contribution in [3.05, 3.63) is 41.7 Å². The first kappa shape index (κ1) is 25.5. The molecule has 1 spiro atoms. The summed E-state index contributed by atoms with van der Waals surface area (Å²) in [7, 11) is 3.09. The van der Waals surface area contributed by atoms with E-state index in [1.54, 1.807) is 38.5 Å². The third-order valence-electron chi connectivity index (χ3n) is 9.98. The predicted molar refractivity (Wildman–Crippen MR) is 130 cm³/mol. The highest BCUT2D eigenvalue weighted by molar-refractivity contribution is 5.89. The molecular weight excluding hydrogens is 464 g/mol. The zero-order chi connectivity index (χ0) is 26.1. The van der Waals surface area contributed by atoms with Gasteiger partial charge in [-0.25, -0.2) is 4.79 Å². The highest BCUT2D eigenvalue weighted by Crippen LogP contribution is 2.63. The molecule has 36 heavy (non-hydrogen) atoms. The summed E-state index contributed by atoms with van der Waals surface area (Å²) in [5.41, 5.74) is -3.45. The first-order chi connectivity index (χ1) is 16.9. The van der Waals surface area contributed by atoms with E-state index >= 15 is 0 Å². The van der Waals surface area contributed by atoms with Gasteiger partial charge in [-0.3, -0.25) is 0 Å². The van der Waals surface area contributed by atoms with Gasteiger partial charge in [-0.05, 0) is 56.0 Å². The van der Waals surface area contributed by atoms with Crippen molar-refractivity contribution in [3.63, 3.8) is 0 Å². The van der Waals surface area contributed by atoms with Gasteiger partial charge < -0.3 is 34.3 Å². The number of rotatable bonds is 4. The molecule has 0 unspecified atom stereocenters. The average Bonchev–Trinajstić information content (AvgIpc) is 3.59. The minimum atomic E-state index is -1.33. The van der Waals surface area contributed by atoms with E-state index in [9.17, 15) is 20.1 Å². The third-order valence-corrected chi connectivity index (χ3v) is 9.98. The van der Waals surface area contributed by atoms with Crippen LogP contribution in [-0.4, -0.2) is 71.6 Å². The Labute approximate surface area is 212 Å². The van der Waals surface area contributed by atoms with Gasteiger partial charge in [-0.1, -0.05) is 20.8 Å². The standard InChI is InChI=1S/C28H38O8/c1-25(2)18-10-13-28(25,32)21(34-5)14-19-26(3,20(29)11-12-27(19)15-35-27)23(30)22(18)36-24(31)16-6-8-17(33-4)9-7-16/h6-9,14,18-20,22-23,29-30,32H,10-13,15H2,1-5H3/b21-14+/t18-,19+,20+,22-,23+,26+,27-,28-/m1/s1. The molecule has 3 fully saturated rings. The van der Waals surface area contributed by atoms with Crippen molar-refractivity contribution in [2.24, 2.45) is 22.7 Å². The average molecular weight is 503 g/mol. The molecule has 1 aromatic rings. The Morgan fingerprint density at radius 2 is 1.69 bits per heavy atom. The van der Waals surface area contributed by atoms with Gasteiger partial charge in [0, 0.05) is 22.7 Å². The van der Waals surface area contributed by atoms with Crippen LogP contribution in [-0.2, 0) is 14.2 Å². The molecule has 198 valence electrons. The van der Waals surface area contributed by atoms with Gasteiger partial charge in [-0.2, -0.15) is 0 Å². The number of epoxide rings is 1. The summed E-state index contributed by atoms with van der Waals surface area (Å²) in [6.45, 7) is 6.19. The fraction of sp³-hybridized carbons (Fsp3) is 0.679. The number of esters is 1. The van der Waals surface area contributed by atoms with E-state index in [2.05, 4.69) is 0 Å². The molecule has 8 atom stereocenters. The molecule has 1 saturated heterocycles. The Balaban J connectivity index is 1.62. The lowest BCUT2D eigenvalue weighted by molar-refractivity contribution is -0.180. The van der Waals surface area contributed by atoms with Crippen molar-refractivity contribution < 1.29 is 39.1 Å². The van der Waals surface area contributed by atoms with E-state index in [1.807, 2.05) is 26.8 Å². The fourth-order valence-electron chi connectivity index (χ4n) is 7.29. The molecule has 4 aliphatic rings. The van der Waals surface area contributed by atoms with Crippen LogP contribution < -0.4 is 4.74 Å². The van der Waals surface area contributed by atoms with Crippen molar-refractivity contribution >= 4 is 5.97 Å². The quantitative estimate of drug-likeness (QED) is 0.425. The van der Waals surface area contributed by atoms with Gasteiger partial charge in [0.15, 0.2) is 0 Å². The number of aliphatic hydroxyl groups excluding tert-OH is 2. The van der Waals surface area contributed by atoms with Crippen LogP contribution in [0.5, 0.6) is 5.75 Å². The molecule has 8 heteroatoms. The largest absolute Gasteiger partial charge is 0.498 e. The SMILES string of the molecule is CO/C1=C/[C@@H]2[C@@]3(CC[C@H](O)[C@@]2(C)[C@@H](O)[C@H](OC(=O)c2ccc(OC)cc2)[C@H]2CC[C@]1(O)C2(C)C)CO3. The second-order valence-electron chi connectivity index (χ2n) is 11.8. The number of benzene rings is 1. The molecule has 0 amide bonds. The molecule has 1 heterocycles. The molecule has 1 aliphatic heterocycles. The molecule has 2 saturated carbocycles. The minimum absolute atomic E-state index is 0.331. The lowest BCUT2D eigenvalue weighted by Gasteiger charge is -2.52. The number of fused-ring (bicyclic) bond motifs is 4. The minimum Gasteiger partial charge on any atom is -0.498 e. The van der Waals surface area contributed by atoms with Crippen LogP contribution in [0.25, 0.3) is 0 Å². The lowest BCUT2D eigenvalue weighted by Crippen LogP contribution is -2.61. The molecule has 1 aromatic carbocycles. The van der Waals surface area contributed by atoms with Crippen LogP contribution >= 0.6 is 0 Å². The predicted octanol–water partition coefficient (Wildman–Crippen LogP) is 2.84. The summed E-state index contributed by atoms with van der Waals surface area (Å²) in [5, 5.41) is 35.5. The van der Waals surface area contributed by atoms with Gasteiger partial charge in [0.2, 0.25) is 0 Å². The fourth-order valence-corrected chi connectivity index (χ4v) is 7.29. The zero-order valence-corrected chi connectivity index (χ0v) is 21.7. The highest BCUT2D eigenvalue weighted by Gasteiger charge is 2.69. The summed E-state index contributed by atoms with van der Waals surface area (Å²) < 4.78 is 23.1. The Kier molecular flexibility index (Phi) is 5.99. The second kappa shape index (κ2) is 8.45. The van der Waals surface area contributed by atoms with Gasteiger partial charge in [-0.15, -0.1) is 0 Å². The maximum Gasteiger partial charge on any atom is 0.338 e. The van der Waals surface area contributed by atoms with Crippen LogP contribution in [0.15, 0.2) is 36.1 Å². The van der Waals surface area contributed by atoms with Crippen molar-refractivity contribution in [1.29, 1.82) is 0 Å². The Morgan fingerprint density at radius 1 is 1.03 bits per heavy atom. The maximum absolute atomic E-state index is 13.4. The Hall–Kier alpha value is -2.13. The second-order valence-corrected chi connectivity index (χ2v) is 11.8. The van der Waals surface area contributed by atoms with Crippen molar-refractivity contribution in [3.8, 4) is 5.75 Å². The first-order valence-electron chi connectivity index (χ1n) is 12.8. The highest BCUT2D eigenvalue weighted by atomic mass is 16.6. The Bertz CT molecular complexity index is 1040. The number of ether oxygens (including phenoxy) is 4. The molecule has 8 nitrogen and oxygen atoms in total. The van der Waals surface area contributed by atoms with Crippen LogP contribution in [0.3, 0.4) is 0 Å². The van der Waals surface area contributed by atoms with E-state index in [-0.39, 0.29) is 5.92 Å². The summed E-state index contributed by atoms with van der Waals surface area (Å²) in [6.07, 6.45) is 0.834. The van der Waals surface area contributed by atoms with E-state index in [0.29, 0.717) is 49.4 Å². The Morgan fingerprint density at radius 3 is 2.28 bits per heavy atom. The number of hydrogen-bond donors (Lipinski definition) is 3. The van der Waals surface area contributed by atoms with Crippen molar-refractivity contribution in [2.45, 2.75) is 76.0 Å². The van der Waals surface area contributed by atoms with Gasteiger partial charge in [0.1, 0.15) is 23.2 Å². The summed E-state index contributed by atoms with van der Waals surface area (Å²) in [4.78, 5) is 13.4. The number of hydrogen-bond acceptors (Lipinski definition) is 8. The zero-order valence-electron chi connectivity index (χ0n) is 21.7. The number of carbonyl (C=O) groups excluding carboxylic acids is 1. The smallest absolute Gasteiger partial charge is 0.338 e. The number of carbonyl (C=O) groups is 1. The van der Waals surface area contributed by atoms with Crippen LogP contribution in [0, 0.1) is 22.7 Å². The summed E-state index contributed by atoms with van der Waals surface area (Å²) >= 11 is 0. The van der Waals surface area contributed by atoms with Crippen molar-refractivity contribution in [1.82, 2.24) is 0 Å². The van der Waals surface area contributed by atoms with Gasteiger partial charge >= 0.3 is 5.97 Å². The topological polar surface area (TPSA) is 118 Å². The maximum atomic E-state index is 13.4. The van der Waals surface area contributed by atoms with Crippen molar-refractivity contribution in [2.75, 3.05) is 20.8 Å². The van der Waals surface area contributed by atoms with E-state index in [1.165, 1.54) is 0 Å².